The van der Waals surface area contributed by atoms with Crippen LogP contribution in [0.1, 0.15) is 6.42 Å². The molecule has 4 nitrogen and oxygen atoms in total. The lowest BCUT2D eigenvalue weighted by Crippen LogP contribution is -2.40. The first-order chi connectivity index (χ1) is 9.08. The summed E-state index contributed by atoms with van der Waals surface area (Å²) in [6.07, 6.45) is 0.972. The van der Waals surface area contributed by atoms with Crippen molar-refractivity contribution in [2.24, 2.45) is 0 Å². The molecule has 0 bridgehead atoms. The SMILES string of the molecule is CN(C(=O)COc1cc(Cl)ccc1Cl)C1CCNC1. The maximum Gasteiger partial charge on any atom is 0.260 e. The van der Waals surface area contributed by atoms with Gasteiger partial charge in [0.25, 0.3) is 5.91 Å². The van der Waals surface area contributed by atoms with Crippen LogP contribution in [0.25, 0.3) is 0 Å². The first kappa shape index (κ1) is 14.4. The van der Waals surface area contributed by atoms with Crippen LogP contribution in [-0.4, -0.2) is 43.6 Å². The molecule has 2 rings (SSSR count). The van der Waals surface area contributed by atoms with Crippen molar-refractivity contribution in [2.75, 3.05) is 26.7 Å². The summed E-state index contributed by atoms with van der Waals surface area (Å²) < 4.78 is 5.43. The van der Waals surface area contributed by atoms with Gasteiger partial charge in [-0.3, -0.25) is 4.79 Å². The molecule has 1 unspecified atom stereocenters. The number of rotatable bonds is 4. The molecular weight excluding hydrogens is 287 g/mol. The summed E-state index contributed by atoms with van der Waals surface area (Å²) in [6.45, 7) is 1.75. The fourth-order valence-electron chi connectivity index (χ4n) is 2.00. The molecule has 1 fully saturated rings. The number of halogens is 2. The monoisotopic (exact) mass is 302 g/mol. The van der Waals surface area contributed by atoms with Gasteiger partial charge in [-0.05, 0) is 25.1 Å². The first-order valence-corrected chi connectivity index (χ1v) is 6.88. The van der Waals surface area contributed by atoms with E-state index in [1.165, 1.54) is 0 Å². The van der Waals surface area contributed by atoms with Crippen molar-refractivity contribution in [3.8, 4) is 5.75 Å². The highest BCUT2D eigenvalue weighted by Gasteiger charge is 2.23. The van der Waals surface area contributed by atoms with Gasteiger partial charge in [0.05, 0.1) is 5.02 Å². The van der Waals surface area contributed by atoms with Crippen LogP contribution in [0.4, 0.5) is 0 Å². The fourth-order valence-corrected chi connectivity index (χ4v) is 2.34. The van der Waals surface area contributed by atoms with E-state index in [-0.39, 0.29) is 18.6 Å². The Bertz CT molecular complexity index is 462. The highest BCUT2D eigenvalue weighted by Crippen LogP contribution is 2.27. The first-order valence-electron chi connectivity index (χ1n) is 6.12. The third kappa shape index (κ3) is 3.75. The Hall–Kier alpha value is -0.970. The molecule has 19 heavy (non-hydrogen) atoms. The van der Waals surface area contributed by atoms with Gasteiger partial charge in [-0.1, -0.05) is 23.2 Å². The van der Waals surface area contributed by atoms with Crippen molar-refractivity contribution in [1.82, 2.24) is 10.2 Å². The molecule has 0 radical (unpaired) electrons. The maximum absolute atomic E-state index is 12.0. The van der Waals surface area contributed by atoms with Crippen LogP contribution in [-0.2, 0) is 4.79 Å². The Morgan fingerprint density at radius 2 is 2.32 bits per heavy atom. The van der Waals surface area contributed by atoms with Crippen LogP contribution in [0.2, 0.25) is 10.0 Å². The van der Waals surface area contributed by atoms with Crippen molar-refractivity contribution in [2.45, 2.75) is 12.5 Å². The van der Waals surface area contributed by atoms with Crippen molar-refractivity contribution >= 4 is 29.1 Å². The van der Waals surface area contributed by atoms with Gasteiger partial charge >= 0.3 is 0 Å². The largest absolute Gasteiger partial charge is 0.482 e. The van der Waals surface area contributed by atoms with Crippen molar-refractivity contribution in [3.63, 3.8) is 0 Å². The standard InChI is InChI=1S/C13H16Cl2N2O2/c1-17(10-4-5-16-7-10)13(18)8-19-12-6-9(14)2-3-11(12)15/h2-3,6,10,16H,4-5,7-8H2,1H3. The van der Waals surface area contributed by atoms with Gasteiger partial charge in [0, 0.05) is 30.7 Å². The highest BCUT2D eigenvalue weighted by molar-refractivity contribution is 6.34. The van der Waals surface area contributed by atoms with E-state index in [1.54, 1.807) is 30.1 Å². The molecule has 1 N–H and O–H groups in total. The number of amides is 1. The third-order valence-corrected chi connectivity index (χ3v) is 3.77. The van der Waals surface area contributed by atoms with E-state index in [4.69, 9.17) is 27.9 Å². The van der Waals surface area contributed by atoms with Crippen LogP contribution in [0.3, 0.4) is 0 Å². The Kier molecular flexibility index (Phi) is 4.91. The molecule has 1 atom stereocenters. The van der Waals surface area contributed by atoms with Crippen molar-refractivity contribution < 1.29 is 9.53 Å². The van der Waals surface area contributed by atoms with E-state index < -0.39 is 0 Å². The Labute approximate surface area is 122 Å². The zero-order valence-electron chi connectivity index (χ0n) is 10.7. The van der Waals surface area contributed by atoms with E-state index in [2.05, 4.69) is 5.32 Å². The number of likely N-dealkylation sites (N-methyl/N-ethyl adjacent to an activating group) is 1. The molecule has 0 aliphatic carbocycles. The second kappa shape index (κ2) is 6.46. The average molecular weight is 303 g/mol. The van der Waals surface area contributed by atoms with Crippen LogP contribution in [0.15, 0.2) is 18.2 Å². The number of benzene rings is 1. The molecule has 0 aromatic heterocycles. The van der Waals surface area contributed by atoms with Crippen LogP contribution >= 0.6 is 23.2 Å². The summed E-state index contributed by atoms with van der Waals surface area (Å²) in [7, 11) is 1.79. The summed E-state index contributed by atoms with van der Waals surface area (Å²) >= 11 is 11.8. The zero-order valence-corrected chi connectivity index (χ0v) is 12.2. The predicted octanol–water partition coefficient (Wildman–Crippen LogP) is 2.19. The highest BCUT2D eigenvalue weighted by atomic mass is 35.5. The molecule has 0 saturated carbocycles. The third-order valence-electron chi connectivity index (χ3n) is 3.22. The number of ether oxygens (including phenoxy) is 1. The summed E-state index contributed by atoms with van der Waals surface area (Å²) in [5.41, 5.74) is 0. The molecule has 1 saturated heterocycles. The molecule has 1 aliphatic heterocycles. The Balaban J connectivity index is 1.90. The van der Waals surface area contributed by atoms with E-state index in [0.717, 1.165) is 19.5 Å². The molecule has 1 amide bonds. The zero-order chi connectivity index (χ0) is 13.8. The number of hydrogen-bond acceptors (Lipinski definition) is 3. The van der Waals surface area contributed by atoms with Gasteiger partial charge in [0.1, 0.15) is 5.75 Å². The quantitative estimate of drug-likeness (QED) is 0.927. The number of nitrogens with zero attached hydrogens (tertiary/aromatic N) is 1. The van der Waals surface area contributed by atoms with Gasteiger partial charge in [0.15, 0.2) is 6.61 Å². The molecule has 1 aromatic carbocycles. The van der Waals surface area contributed by atoms with E-state index in [1.807, 2.05) is 0 Å². The smallest absolute Gasteiger partial charge is 0.260 e. The van der Waals surface area contributed by atoms with Crippen LogP contribution in [0.5, 0.6) is 5.75 Å². The van der Waals surface area contributed by atoms with Crippen molar-refractivity contribution in [1.29, 1.82) is 0 Å². The fraction of sp³-hybridized carbons (Fsp3) is 0.462. The minimum absolute atomic E-state index is 0.0347. The van der Waals surface area contributed by atoms with Gasteiger partial charge in [-0.15, -0.1) is 0 Å². The Morgan fingerprint density at radius 3 is 3.00 bits per heavy atom. The molecule has 6 heteroatoms. The summed E-state index contributed by atoms with van der Waals surface area (Å²) in [4.78, 5) is 13.7. The summed E-state index contributed by atoms with van der Waals surface area (Å²) in [5, 5.41) is 4.20. The van der Waals surface area contributed by atoms with Gasteiger partial charge in [0.2, 0.25) is 0 Å². The molecule has 1 aromatic rings. The summed E-state index contributed by atoms with van der Waals surface area (Å²) in [6, 6.07) is 5.17. The van der Waals surface area contributed by atoms with Gasteiger partial charge < -0.3 is 15.0 Å². The van der Waals surface area contributed by atoms with E-state index in [9.17, 15) is 4.79 Å². The van der Waals surface area contributed by atoms with Crippen LogP contribution in [0, 0.1) is 0 Å². The lowest BCUT2D eigenvalue weighted by Gasteiger charge is -2.23. The van der Waals surface area contributed by atoms with E-state index in [0.29, 0.717) is 15.8 Å². The predicted molar refractivity (Wildman–Crippen MR) is 76.0 cm³/mol. The molecule has 104 valence electrons. The average Bonchev–Trinajstić information content (AvgIpc) is 2.92. The number of carbonyl (C=O) groups excluding carboxylic acids is 1. The lowest BCUT2D eigenvalue weighted by atomic mass is 10.2. The minimum Gasteiger partial charge on any atom is -0.482 e. The Morgan fingerprint density at radius 1 is 1.53 bits per heavy atom. The van der Waals surface area contributed by atoms with E-state index >= 15 is 0 Å². The molecule has 1 aliphatic rings. The number of hydrogen-bond donors (Lipinski definition) is 1. The van der Waals surface area contributed by atoms with Crippen LogP contribution < -0.4 is 10.1 Å². The number of nitrogens with one attached hydrogen (secondary N) is 1. The second-order valence-electron chi connectivity index (χ2n) is 4.51. The minimum atomic E-state index is -0.0651. The molecule has 0 spiro atoms. The maximum atomic E-state index is 12.0. The topological polar surface area (TPSA) is 41.6 Å². The second-order valence-corrected chi connectivity index (χ2v) is 5.36. The van der Waals surface area contributed by atoms with Gasteiger partial charge in [-0.25, -0.2) is 0 Å². The number of carbonyl (C=O) groups is 1. The lowest BCUT2D eigenvalue weighted by molar-refractivity contribution is -0.133. The van der Waals surface area contributed by atoms with Crippen molar-refractivity contribution in [3.05, 3.63) is 28.2 Å². The normalized spacial score (nSPS) is 18.4. The summed E-state index contributed by atoms with van der Waals surface area (Å²) in [5.74, 6) is 0.366. The molecule has 1 heterocycles. The van der Waals surface area contributed by atoms with Gasteiger partial charge in [-0.2, -0.15) is 0 Å². The molecular formula is C13H16Cl2N2O2.